The average Bonchev–Trinajstić information content (AvgIpc) is 2.32. The van der Waals surface area contributed by atoms with Gasteiger partial charge in [-0.05, 0) is 32.4 Å². The maximum absolute atomic E-state index is 11.6. The van der Waals surface area contributed by atoms with E-state index < -0.39 is 11.7 Å². The van der Waals surface area contributed by atoms with Gasteiger partial charge in [0, 0.05) is 12.2 Å². The summed E-state index contributed by atoms with van der Waals surface area (Å²) in [4.78, 5) is 11.6. The van der Waals surface area contributed by atoms with Gasteiger partial charge >= 0.3 is 6.09 Å². The van der Waals surface area contributed by atoms with Crippen molar-refractivity contribution in [1.29, 1.82) is 0 Å². The van der Waals surface area contributed by atoms with Gasteiger partial charge in [0.15, 0.2) is 0 Å². The second kappa shape index (κ2) is 6.69. The van der Waals surface area contributed by atoms with E-state index >= 15 is 0 Å². The fourth-order valence-corrected chi connectivity index (χ4v) is 1.47. The minimum absolute atomic E-state index is 0.392. The Bertz CT molecular complexity index is 470. The number of nitrogens with one attached hydrogen (secondary N) is 2. The Hall–Kier alpha value is -2.15. The van der Waals surface area contributed by atoms with Gasteiger partial charge in [0.05, 0.1) is 6.54 Å². The molecule has 0 bridgehead atoms. The predicted molar refractivity (Wildman–Crippen MR) is 76.8 cm³/mol. The molecular formula is C15H20N2O2. The summed E-state index contributed by atoms with van der Waals surface area (Å²) in [6.07, 6.45) is 4.78. The molecule has 0 saturated heterocycles. The molecule has 0 unspecified atom stereocenters. The number of carbonyl (C=O) groups is 1. The van der Waals surface area contributed by atoms with Crippen LogP contribution in [0.5, 0.6) is 0 Å². The van der Waals surface area contributed by atoms with E-state index in [9.17, 15) is 4.79 Å². The number of terminal acetylenes is 1. The first kappa shape index (κ1) is 14.9. The lowest BCUT2D eigenvalue weighted by Gasteiger charge is -2.20. The standard InChI is InChI=1S/C15H20N2O2/c1-5-10-16-13-9-7-6-8-12(13)11-17-14(18)19-15(2,3)4/h1,6-9,16H,10-11H2,2-4H3,(H,17,18). The van der Waals surface area contributed by atoms with Crippen LogP contribution in [0.3, 0.4) is 0 Å². The Balaban J connectivity index is 2.58. The monoisotopic (exact) mass is 260 g/mol. The normalized spacial score (nSPS) is 10.4. The zero-order valence-corrected chi connectivity index (χ0v) is 11.6. The first-order valence-corrected chi connectivity index (χ1v) is 6.14. The van der Waals surface area contributed by atoms with Crippen molar-refractivity contribution in [1.82, 2.24) is 5.32 Å². The van der Waals surface area contributed by atoms with Crippen LogP contribution < -0.4 is 10.6 Å². The molecule has 0 aliphatic heterocycles. The van der Waals surface area contributed by atoms with Crippen LogP contribution in [0.1, 0.15) is 26.3 Å². The molecule has 0 atom stereocenters. The summed E-state index contributed by atoms with van der Waals surface area (Å²) in [5, 5.41) is 5.83. The molecule has 0 aliphatic rings. The van der Waals surface area contributed by atoms with Crippen molar-refractivity contribution in [2.24, 2.45) is 0 Å². The van der Waals surface area contributed by atoms with Crippen LogP contribution in [0.2, 0.25) is 0 Å². The van der Waals surface area contributed by atoms with Gasteiger partial charge in [-0.2, -0.15) is 0 Å². The van der Waals surface area contributed by atoms with Gasteiger partial charge in [0.1, 0.15) is 5.60 Å². The van der Waals surface area contributed by atoms with Crippen LogP contribution in [0.15, 0.2) is 24.3 Å². The number of hydrogen-bond acceptors (Lipinski definition) is 3. The molecule has 0 fully saturated rings. The molecule has 4 nitrogen and oxygen atoms in total. The van der Waals surface area contributed by atoms with Gasteiger partial charge in [0.25, 0.3) is 0 Å². The lowest BCUT2D eigenvalue weighted by atomic mass is 10.1. The largest absolute Gasteiger partial charge is 0.444 e. The number of alkyl carbamates (subject to hydrolysis) is 1. The van der Waals surface area contributed by atoms with Crippen molar-refractivity contribution in [2.45, 2.75) is 32.9 Å². The molecule has 0 spiro atoms. The third-order valence-electron chi connectivity index (χ3n) is 2.22. The van der Waals surface area contributed by atoms with Crippen LogP contribution in [-0.4, -0.2) is 18.2 Å². The Morgan fingerprint density at radius 3 is 2.68 bits per heavy atom. The minimum atomic E-state index is -0.495. The second-order valence-electron chi connectivity index (χ2n) is 5.07. The van der Waals surface area contributed by atoms with Gasteiger partial charge in [0.2, 0.25) is 0 Å². The second-order valence-corrected chi connectivity index (χ2v) is 5.07. The van der Waals surface area contributed by atoms with Crippen LogP contribution in [-0.2, 0) is 11.3 Å². The van der Waals surface area contributed by atoms with Crippen molar-refractivity contribution < 1.29 is 9.53 Å². The van der Waals surface area contributed by atoms with Crippen LogP contribution >= 0.6 is 0 Å². The van der Waals surface area contributed by atoms with Gasteiger partial charge in [-0.15, -0.1) is 6.42 Å². The van der Waals surface area contributed by atoms with E-state index in [0.29, 0.717) is 13.1 Å². The molecule has 1 aromatic rings. The van der Waals surface area contributed by atoms with Crippen molar-refractivity contribution in [2.75, 3.05) is 11.9 Å². The number of hydrogen-bond donors (Lipinski definition) is 2. The highest BCUT2D eigenvalue weighted by Gasteiger charge is 2.15. The quantitative estimate of drug-likeness (QED) is 0.818. The molecule has 19 heavy (non-hydrogen) atoms. The SMILES string of the molecule is C#CCNc1ccccc1CNC(=O)OC(C)(C)C. The molecular weight excluding hydrogens is 240 g/mol. The van der Waals surface area contributed by atoms with Crippen molar-refractivity contribution in [3.05, 3.63) is 29.8 Å². The van der Waals surface area contributed by atoms with Crippen molar-refractivity contribution >= 4 is 11.8 Å². The fraction of sp³-hybridized carbons (Fsp3) is 0.400. The number of ether oxygens (including phenoxy) is 1. The molecule has 2 N–H and O–H groups in total. The maximum atomic E-state index is 11.6. The van der Waals surface area contributed by atoms with E-state index in [1.165, 1.54) is 0 Å². The fourth-order valence-electron chi connectivity index (χ4n) is 1.47. The summed E-state index contributed by atoms with van der Waals surface area (Å²) in [5.74, 6) is 2.52. The summed E-state index contributed by atoms with van der Waals surface area (Å²) in [5.41, 5.74) is 1.38. The van der Waals surface area contributed by atoms with Crippen molar-refractivity contribution in [3.63, 3.8) is 0 Å². The zero-order chi connectivity index (χ0) is 14.3. The first-order chi connectivity index (χ1) is 8.92. The topological polar surface area (TPSA) is 50.4 Å². The smallest absolute Gasteiger partial charge is 0.407 e. The molecule has 0 aliphatic carbocycles. The molecule has 1 amide bonds. The molecule has 0 saturated carbocycles. The Morgan fingerprint density at radius 1 is 1.37 bits per heavy atom. The van der Waals surface area contributed by atoms with Crippen LogP contribution in [0.4, 0.5) is 10.5 Å². The van der Waals surface area contributed by atoms with E-state index in [1.54, 1.807) is 0 Å². The van der Waals surface area contributed by atoms with Gasteiger partial charge in [-0.25, -0.2) is 4.79 Å². The maximum Gasteiger partial charge on any atom is 0.407 e. The number of benzene rings is 1. The third-order valence-corrected chi connectivity index (χ3v) is 2.22. The molecule has 4 heteroatoms. The molecule has 1 rings (SSSR count). The number of rotatable bonds is 4. The van der Waals surface area contributed by atoms with E-state index in [0.717, 1.165) is 11.3 Å². The number of carbonyl (C=O) groups excluding carboxylic acids is 1. The van der Waals surface area contributed by atoms with Gasteiger partial charge in [-0.1, -0.05) is 24.1 Å². The highest BCUT2D eigenvalue weighted by molar-refractivity contribution is 5.68. The molecule has 0 radical (unpaired) electrons. The lowest BCUT2D eigenvalue weighted by Crippen LogP contribution is -2.32. The zero-order valence-electron chi connectivity index (χ0n) is 11.6. The van der Waals surface area contributed by atoms with E-state index in [2.05, 4.69) is 16.6 Å². The number of amides is 1. The van der Waals surface area contributed by atoms with E-state index in [1.807, 2.05) is 45.0 Å². The number of para-hydroxylation sites is 1. The van der Waals surface area contributed by atoms with Crippen LogP contribution in [0.25, 0.3) is 0 Å². The highest BCUT2D eigenvalue weighted by Crippen LogP contribution is 2.14. The minimum Gasteiger partial charge on any atom is -0.444 e. The first-order valence-electron chi connectivity index (χ1n) is 6.14. The van der Waals surface area contributed by atoms with Crippen molar-refractivity contribution in [3.8, 4) is 12.3 Å². The number of anilines is 1. The summed E-state index contributed by atoms with van der Waals surface area (Å²) in [7, 11) is 0. The van der Waals surface area contributed by atoms with E-state index in [-0.39, 0.29) is 0 Å². The molecule has 0 aromatic heterocycles. The molecule has 1 aromatic carbocycles. The van der Waals surface area contributed by atoms with Gasteiger partial charge < -0.3 is 15.4 Å². The predicted octanol–water partition coefficient (Wildman–Crippen LogP) is 2.76. The average molecular weight is 260 g/mol. The summed E-state index contributed by atoms with van der Waals surface area (Å²) < 4.78 is 5.18. The lowest BCUT2D eigenvalue weighted by molar-refractivity contribution is 0.0523. The summed E-state index contributed by atoms with van der Waals surface area (Å²) in [6, 6.07) is 7.67. The third kappa shape index (κ3) is 5.82. The summed E-state index contributed by atoms with van der Waals surface area (Å²) in [6.45, 7) is 6.32. The highest BCUT2D eigenvalue weighted by atomic mass is 16.6. The Morgan fingerprint density at radius 2 is 2.05 bits per heavy atom. The van der Waals surface area contributed by atoms with E-state index in [4.69, 9.17) is 11.2 Å². The summed E-state index contributed by atoms with van der Waals surface area (Å²) >= 11 is 0. The Kier molecular flexibility index (Phi) is 5.25. The van der Waals surface area contributed by atoms with Gasteiger partial charge in [-0.3, -0.25) is 0 Å². The van der Waals surface area contributed by atoms with Crippen LogP contribution in [0, 0.1) is 12.3 Å². The molecule has 102 valence electrons. The molecule has 0 heterocycles. The Labute approximate surface area is 114 Å².